The van der Waals surface area contributed by atoms with Gasteiger partial charge in [-0.15, -0.1) is 11.6 Å². The van der Waals surface area contributed by atoms with Crippen molar-refractivity contribution in [1.29, 1.82) is 0 Å². The second-order valence-corrected chi connectivity index (χ2v) is 5.90. The molecule has 0 bridgehead atoms. The highest BCUT2D eigenvalue weighted by molar-refractivity contribution is 6.17. The Morgan fingerprint density at radius 3 is 2.95 bits per heavy atom. The zero-order valence-electron chi connectivity index (χ0n) is 12.2. The predicted molar refractivity (Wildman–Crippen MR) is 80.6 cm³/mol. The highest BCUT2D eigenvalue weighted by Gasteiger charge is 2.20. The maximum atomic E-state index is 5.88. The third-order valence-corrected chi connectivity index (χ3v) is 4.30. The molecule has 1 unspecified atom stereocenters. The minimum absolute atomic E-state index is 0.787. The SMILES string of the molecule is CCc1cc(CN2CCCC(CCCl)C2)n(CC)n1. The van der Waals surface area contributed by atoms with Crippen molar-refractivity contribution in [3.05, 3.63) is 17.5 Å². The van der Waals surface area contributed by atoms with Crippen molar-refractivity contribution in [2.24, 2.45) is 5.92 Å². The number of hydrogen-bond acceptors (Lipinski definition) is 2. The summed E-state index contributed by atoms with van der Waals surface area (Å²) in [6.07, 6.45) is 4.83. The first-order valence-electron chi connectivity index (χ1n) is 7.60. The smallest absolute Gasteiger partial charge is 0.0625 e. The van der Waals surface area contributed by atoms with E-state index < -0.39 is 0 Å². The Balaban J connectivity index is 1.97. The van der Waals surface area contributed by atoms with E-state index >= 15 is 0 Å². The van der Waals surface area contributed by atoms with Crippen LogP contribution in [0, 0.1) is 5.92 Å². The van der Waals surface area contributed by atoms with Crippen LogP contribution in [0.15, 0.2) is 6.07 Å². The standard InChI is InChI=1S/C15H26ClN3/c1-3-14-10-15(19(4-2)17-14)12-18-9-5-6-13(11-18)7-8-16/h10,13H,3-9,11-12H2,1-2H3. The summed E-state index contributed by atoms with van der Waals surface area (Å²) >= 11 is 5.88. The summed E-state index contributed by atoms with van der Waals surface area (Å²) in [7, 11) is 0. The molecule has 0 radical (unpaired) electrons. The highest BCUT2D eigenvalue weighted by Crippen LogP contribution is 2.22. The van der Waals surface area contributed by atoms with Crippen LogP contribution in [-0.2, 0) is 19.5 Å². The third-order valence-electron chi connectivity index (χ3n) is 4.08. The van der Waals surface area contributed by atoms with Gasteiger partial charge in [-0.25, -0.2) is 0 Å². The van der Waals surface area contributed by atoms with Gasteiger partial charge < -0.3 is 0 Å². The molecule has 1 saturated heterocycles. The first-order valence-corrected chi connectivity index (χ1v) is 8.14. The van der Waals surface area contributed by atoms with Gasteiger partial charge in [0.05, 0.1) is 11.4 Å². The van der Waals surface area contributed by atoms with Crippen molar-refractivity contribution < 1.29 is 0 Å². The fraction of sp³-hybridized carbons (Fsp3) is 0.800. The molecule has 0 saturated carbocycles. The van der Waals surface area contributed by atoms with Gasteiger partial charge in [-0.05, 0) is 51.1 Å². The summed E-state index contributed by atoms with van der Waals surface area (Å²) in [5.74, 6) is 1.58. The van der Waals surface area contributed by atoms with E-state index in [4.69, 9.17) is 11.6 Å². The molecule has 108 valence electrons. The van der Waals surface area contributed by atoms with Crippen molar-refractivity contribution in [1.82, 2.24) is 14.7 Å². The topological polar surface area (TPSA) is 21.1 Å². The van der Waals surface area contributed by atoms with Crippen molar-refractivity contribution in [2.75, 3.05) is 19.0 Å². The molecule has 3 nitrogen and oxygen atoms in total. The van der Waals surface area contributed by atoms with Crippen molar-refractivity contribution in [3.8, 4) is 0 Å². The summed E-state index contributed by atoms with van der Waals surface area (Å²) in [5, 5.41) is 4.64. The number of rotatable bonds is 6. The maximum Gasteiger partial charge on any atom is 0.0625 e. The molecule has 1 aliphatic rings. The molecule has 0 N–H and O–H groups in total. The van der Waals surface area contributed by atoms with E-state index in [9.17, 15) is 0 Å². The summed E-state index contributed by atoms with van der Waals surface area (Å²) in [6, 6.07) is 2.27. The van der Waals surface area contributed by atoms with Gasteiger partial charge in [0.25, 0.3) is 0 Å². The third kappa shape index (κ3) is 3.96. The van der Waals surface area contributed by atoms with E-state index in [0.717, 1.165) is 37.7 Å². The minimum Gasteiger partial charge on any atom is -0.297 e. The Morgan fingerprint density at radius 2 is 2.26 bits per heavy atom. The molecule has 2 rings (SSSR count). The van der Waals surface area contributed by atoms with Crippen LogP contribution >= 0.6 is 11.6 Å². The Morgan fingerprint density at radius 1 is 1.42 bits per heavy atom. The number of aromatic nitrogens is 2. The zero-order chi connectivity index (χ0) is 13.7. The van der Waals surface area contributed by atoms with Crippen LogP contribution in [0.3, 0.4) is 0 Å². The lowest BCUT2D eigenvalue weighted by molar-refractivity contribution is 0.161. The van der Waals surface area contributed by atoms with Crippen molar-refractivity contribution in [3.63, 3.8) is 0 Å². The van der Waals surface area contributed by atoms with Crippen molar-refractivity contribution in [2.45, 2.75) is 52.6 Å². The lowest BCUT2D eigenvalue weighted by atomic mass is 9.95. The molecule has 1 aliphatic heterocycles. The number of aryl methyl sites for hydroxylation is 2. The van der Waals surface area contributed by atoms with Gasteiger partial charge in [-0.1, -0.05) is 6.92 Å². The zero-order valence-corrected chi connectivity index (χ0v) is 13.0. The number of piperidine rings is 1. The summed E-state index contributed by atoms with van der Waals surface area (Å²) in [6.45, 7) is 8.76. The van der Waals surface area contributed by atoms with Gasteiger partial charge in [0, 0.05) is 25.5 Å². The molecule has 1 fully saturated rings. The lowest BCUT2D eigenvalue weighted by Gasteiger charge is -2.32. The Hall–Kier alpha value is -0.540. The molecule has 0 aliphatic carbocycles. The summed E-state index contributed by atoms with van der Waals surface area (Å²) < 4.78 is 2.16. The molecular weight excluding hydrogens is 258 g/mol. The Labute approximate surface area is 121 Å². The van der Waals surface area contributed by atoms with Crippen LogP contribution in [0.2, 0.25) is 0 Å². The van der Waals surface area contributed by atoms with Gasteiger partial charge in [-0.3, -0.25) is 9.58 Å². The molecule has 1 aromatic heterocycles. The number of nitrogens with zero attached hydrogens (tertiary/aromatic N) is 3. The fourth-order valence-corrected chi connectivity index (χ4v) is 3.31. The second kappa shape index (κ2) is 7.30. The summed E-state index contributed by atoms with van der Waals surface area (Å²) in [4.78, 5) is 2.57. The predicted octanol–water partition coefficient (Wildman–Crippen LogP) is 3.31. The largest absolute Gasteiger partial charge is 0.297 e. The highest BCUT2D eigenvalue weighted by atomic mass is 35.5. The number of hydrogen-bond donors (Lipinski definition) is 0. The van der Waals surface area contributed by atoms with Crippen LogP contribution in [0.1, 0.15) is 44.5 Å². The lowest BCUT2D eigenvalue weighted by Crippen LogP contribution is -2.35. The van der Waals surface area contributed by atoms with E-state index in [2.05, 4.69) is 34.6 Å². The molecule has 4 heteroatoms. The molecule has 0 amide bonds. The van der Waals surface area contributed by atoms with Gasteiger partial charge in [-0.2, -0.15) is 5.10 Å². The van der Waals surface area contributed by atoms with E-state index in [1.807, 2.05) is 0 Å². The monoisotopic (exact) mass is 283 g/mol. The molecule has 0 spiro atoms. The maximum absolute atomic E-state index is 5.88. The van der Waals surface area contributed by atoms with Crippen LogP contribution in [0.4, 0.5) is 0 Å². The van der Waals surface area contributed by atoms with Crippen LogP contribution in [0.5, 0.6) is 0 Å². The van der Waals surface area contributed by atoms with Gasteiger partial charge in [0.2, 0.25) is 0 Å². The minimum atomic E-state index is 0.787. The van der Waals surface area contributed by atoms with Crippen LogP contribution in [-0.4, -0.2) is 33.6 Å². The van der Waals surface area contributed by atoms with E-state index in [-0.39, 0.29) is 0 Å². The first-order chi connectivity index (χ1) is 9.26. The average Bonchev–Trinajstić information content (AvgIpc) is 2.82. The first kappa shape index (κ1) is 14.9. The molecule has 2 heterocycles. The fourth-order valence-electron chi connectivity index (χ4n) is 3.00. The molecule has 1 atom stereocenters. The number of likely N-dealkylation sites (tertiary alicyclic amines) is 1. The van der Waals surface area contributed by atoms with Crippen LogP contribution < -0.4 is 0 Å². The van der Waals surface area contributed by atoms with Gasteiger partial charge in [0.15, 0.2) is 0 Å². The second-order valence-electron chi connectivity index (χ2n) is 5.52. The molecule has 19 heavy (non-hydrogen) atoms. The molecule has 0 aromatic carbocycles. The Bertz CT molecular complexity index is 387. The summed E-state index contributed by atoms with van der Waals surface area (Å²) in [5.41, 5.74) is 2.58. The quantitative estimate of drug-likeness (QED) is 0.747. The van der Waals surface area contributed by atoms with Gasteiger partial charge >= 0.3 is 0 Å². The van der Waals surface area contributed by atoms with E-state index in [1.54, 1.807) is 0 Å². The average molecular weight is 284 g/mol. The molecule has 1 aromatic rings. The van der Waals surface area contributed by atoms with E-state index in [1.165, 1.54) is 37.3 Å². The van der Waals surface area contributed by atoms with E-state index in [0.29, 0.717) is 0 Å². The number of halogens is 1. The Kier molecular flexibility index (Phi) is 5.71. The van der Waals surface area contributed by atoms with Crippen LogP contribution in [0.25, 0.3) is 0 Å². The number of alkyl halides is 1. The normalized spacial score (nSPS) is 20.9. The molecular formula is C15H26ClN3. The van der Waals surface area contributed by atoms with Gasteiger partial charge in [0.1, 0.15) is 0 Å². The van der Waals surface area contributed by atoms with Crippen molar-refractivity contribution >= 4 is 11.6 Å².